The fourth-order valence-corrected chi connectivity index (χ4v) is 5.57. The summed E-state index contributed by atoms with van der Waals surface area (Å²) in [4.78, 5) is 39.5. The Kier molecular flexibility index (Phi) is 20.3. The summed E-state index contributed by atoms with van der Waals surface area (Å²) in [6, 6.07) is 17.9. The molecule has 9 N–H and O–H groups in total. The van der Waals surface area contributed by atoms with E-state index in [0.29, 0.717) is 24.3 Å². The van der Waals surface area contributed by atoms with Crippen molar-refractivity contribution < 1.29 is 35.9 Å². The number of carboxylic acid groups (broad SMARTS) is 1. The van der Waals surface area contributed by atoms with E-state index in [4.69, 9.17) is 0 Å². The maximum atomic E-state index is 12.9. The molecule has 1 saturated heterocycles. The summed E-state index contributed by atoms with van der Waals surface area (Å²) < 4.78 is 0. The van der Waals surface area contributed by atoms with Crippen LogP contribution in [0.3, 0.4) is 0 Å². The number of thioether (sulfide) groups is 2. The number of hydrogen-bond donors (Lipinski definition) is 3. The van der Waals surface area contributed by atoms with Crippen molar-refractivity contribution in [3.63, 3.8) is 0 Å². The molecule has 0 bridgehead atoms. The quantitative estimate of drug-likeness (QED) is 0.351. The van der Waals surface area contributed by atoms with E-state index in [2.05, 4.69) is 10.6 Å². The van der Waals surface area contributed by atoms with E-state index in [9.17, 15) is 19.5 Å². The average molecular weight is 572 g/mol. The number of benzene rings is 2. The molecule has 3 atom stereocenters. The number of carboxylic acids is 1. The number of hydrogen-bond acceptors (Lipinski definition) is 7. The summed E-state index contributed by atoms with van der Waals surface area (Å²) in [6.07, 6.45) is 0.420. The largest absolute Gasteiger partial charge is 0.480 e. The number of rotatable bonds is 10. The number of carbonyl (C=O) groups is 3. The molecule has 1 aliphatic heterocycles. The lowest BCUT2D eigenvalue weighted by Crippen LogP contribution is -2.43. The SMILES string of the molecule is CNCCNC.C[C@H](CSC(=O)c1ccccc1)C(=O)N1C[C@@H](Sc2ccccc2)C[C@H]1C(=O)O.O.O.O. The van der Waals surface area contributed by atoms with Gasteiger partial charge in [-0.15, -0.1) is 11.8 Å². The van der Waals surface area contributed by atoms with Gasteiger partial charge < -0.3 is 37.1 Å². The van der Waals surface area contributed by atoms with Gasteiger partial charge in [0.05, 0.1) is 0 Å². The molecule has 0 saturated carbocycles. The second-order valence-electron chi connectivity index (χ2n) is 8.21. The van der Waals surface area contributed by atoms with Gasteiger partial charge in [-0.25, -0.2) is 4.79 Å². The van der Waals surface area contributed by atoms with Crippen LogP contribution in [-0.2, 0) is 9.59 Å². The molecule has 3 rings (SSSR count). The van der Waals surface area contributed by atoms with Crippen LogP contribution in [-0.4, -0.2) is 94.2 Å². The van der Waals surface area contributed by atoms with Crippen molar-refractivity contribution in [2.45, 2.75) is 29.5 Å². The minimum atomic E-state index is -0.977. The summed E-state index contributed by atoms with van der Waals surface area (Å²) in [6.45, 7) is 4.26. The summed E-state index contributed by atoms with van der Waals surface area (Å²) in [5, 5.41) is 15.6. The van der Waals surface area contributed by atoms with Crippen molar-refractivity contribution in [2.75, 3.05) is 39.5 Å². The normalized spacial score (nSPS) is 16.4. The molecular formula is C26H41N3O7S2. The van der Waals surface area contributed by atoms with Crippen LogP contribution in [0.1, 0.15) is 23.7 Å². The first kappa shape index (κ1) is 37.7. The Bertz CT molecular complexity index is 935. The number of carbonyl (C=O) groups excluding carboxylic acids is 2. The minimum Gasteiger partial charge on any atom is -0.480 e. The Morgan fingerprint density at radius 2 is 1.47 bits per heavy atom. The molecule has 1 heterocycles. The number of likely N-dealkylation sites (tertiary alicyclic amines) is 1. The summed E-state index contributed by atoms with van der Waals surface area (Å²) in [5.41, 5.74) is 0.598. The third-order valence-electron chi connectivity index (χ3n) is 5.40. The van der Waals surface area contributed by atoms with Gasteiger partial charge in [0.2, 0.25) is 11.0 Å². The van der Waals surface area contributed by atoms with Crippen LogP contribution in [0.4, 0.5) is 0 Å². The predicted molar refractivity (Wildman–Crippen MR) is 155 cm³/mol. The lowest BCUT2D eigenvalue weighted by molar-refractivity contribution is -0.149. The highest BCUT2D eigenvalue weighted by molar-refractivity contribution is 8.14. The fourth-order valence-electron chi connectivity index (χ4n) is 3.51. The molecule has 1 fully saturated rings. The van der Waals surface area contributed by atoms with Crippen LogP contribution in [0.15, 0.2) is 65.6 Å². The lowest BCUT2D eigenvalue weighted by Gasteiger charge is -2.24. The van der Waals surface area contributed by atoms with E-state index >= 15 is 0 Å². The lowest BCUT2D eigenvalue weighted by atomic mass is 10.1. The molecule has 2 aromatic carbocycles. The summed E-state index contributed by atoms with van der Waals surface area (Å²) in [5.74, 6) is -1.29. The number of nitrogens with one attached hydrogen (secondary N) is 2. The van der Waals surface area contributed by atoms with Crippen molar-refractivity contribution in [2.24, 2.45) is 5.92 Å². The van der Waals surface area contributed by atoms with Crippen molar-refractivity contribution in [1.82, 2.24) is 15.5 Å². The van der Waals surface area contributed by atoms with Gasteiger partial charge >= 0.3 is 5.97 Å². The van der Waals surface area contributed by atoms with Gasteiger partial charge in [0.15, 0.2) is 0 Å². The highest BCUT2D eigenvalue weighted by atomic mass is 32.2. The Hall–Kier alpha value is -2.45. The molecule has 1 aliphatic rings. The Morgan fingerprint density at radius 1 is 0.947 bits per heavy atom. The van der Waals surface area contributed by atoms with Crippen LogP contribution >= 0.6 is 23.5 Å². The summed E-state index contributed by atoms with van der Waals surface area (Å²) >= 11 is 2.70. The fraction of sp³-hybridized carbons (Fsp3) is 0.423. The Morgan fingerprint density at radius 3 is 1.97 bits per heavy atom. The van der Waals surface area contributed by atoms with Crippen LogP contribution in [0.5, 0.6) is 0 Å². The first-order chi connectivity index (χ1) is 16.9. The van der Waals surface area contributed by atoms with Crippen LogP contribution in [0.2, 0.25) is 0 Å². The van der Waals surface area contributed by atoms with Crippen molar-refractivity contribution >= 4 is 40.5 Å². The minimum absolute atomic E-state index is 0. The highest BCUT2D eigenvalue weighted by Crippen LogP contribution is 2.34. The predicted octanol–water partition coefficient (Wildman–Crippen LogP) is 0.994. The van der Waals surface area contributed by atoms with Crippen molar-refractivity contribution in [1.29, 1.82) is 0 Å². The zero-order chi connectivity index (χ0) is 25.6. The molecule has 0 aliphatic carbocycles. The molecule has 0 radical (unpaired) electrons. The molecule has 0 unspecified atom stereocenters. The number of aliphatic carboxylic acids is 1. The molecule has 0 spiro atoms. The van der Waals surface area contributed by atoms with Gasteiger partial charge in [-0.2, -0.15) is 0 Å². The van der Waals surface area contributed by atoms with Gasteiger partial charge in [0, 0.05) is 47.0 Å². The molecule has 0 aromatic heterocycles. The second-order valence-corrected chi connectivity index (χ2v) is 10.6. The van der Waals surface area contributed by atoms with Crippen molar-refractivity contribution in [3.8, 4) is 0 Å². The third kappa shape index (κ3) is 12.4. The van der Waals surface area contributed by atoms with Crippen LogP contribution in [0.25, 0.3) is 0 Å². The summed E-state index contributed by atoms with van der Waals surface area (Å²) in [7, 11) is 3.88. The molecule has 38 heavy (non-hydrogen) atoms. The maximum absolute atomic E-state index is 12.9. The zero-order valence-electron chi connectivity index (χ0n) is 22.0. The van der Waals surface area contributed by atoms with Crippen LogP contribution < -0.4 is 10.6 Å². The van der Waals surface area contributed by atoms with E-state index in [1.807, 2.05) is 50.5 Å². The van der Waals surface area contributed by atoms with E-state index in [-0.39, 0.29) is 32.7 Å². The van der Waals surface area contributed by atoms with E-state index in [1.54, 1.807) is 43.0 Å². The number of nitrogens with zero attached hydrogens (tertiary/aromatic N) is 1. The van der Waals surface area contributed by atoms with Gasteiger partial charge in [0.25, 0.3) is 0 Å². The number of likely N-dealkylation sites (N-methyl/N-ethyl adjacent to an activating group) is 2. The molecular weight excluding hydrogens is 530 g/mol. The smallest absolute Gasteiger partial charge is 0.326 e. The molecule has 10 nitrogen and oxygen atoms in total. The maximum Gasteiger partial charge on any atom is 0.326 e. The van der Waals surface area contributed by atoms with E-state index < -0.39 is 17.9 Å². The van der Waals surface area contributed by atoms with E-state index in [0.717, 1.165) is 29.7 Å². The molecule has 214 valence electrons. The van der Waals surface area contributed by atoms with E-state index in [1.165, 1.54) is 4.90 Å². The average Bonchev–Trinajstić information content (AvgIpc) is 3.31. The number of amides is 1. The van der Waals surface area contributed by atoms with Gasteiger partial charge in [-0.3, -0.25) is 9.59 Å². The molecule has 12 heteroatoms. The Labute approximate surface area is 232 Å². The zero-order valence-corrected chi connectivity index (χ0v) is 23.6. The third-order valence-corrected chi connectivity index (χ3v) is 7.78. The van der Waals surface area contributed by atoms with Gasteiger partial charge in [-0.05, 0) is 32.6 Å². The first-order valence-electron chi connectivity index (χ1n) is 11.6. The molecule has 2 aromatic rings. The first-order valence-corrected chi connectivity index (χ1v) is 13.5. The monoisotopic (exact) mass is 571 g/mol. The van der Waals surface area contributed by atoms with Crippen molar-refractivity contribution in [3.05, 3.63) is 66.2 Å². The molecule has 1 amide bonds. The highest BCUT2D eigenvalue weighted by Gasteiger charge is 2.41. The standard InChI is InChI=1S/C22H23NO4S2.C4H12N2.3H2O/c1-15(14-28-22(27)16-8-4-2-5-9-16)20(24)23-13-18(12-19(23)21(25)26)29-17-10-6-3-7-11-17;1-5-3-4-6-2;;;/h2-11,15,18-19H,12-14H2,1H3,(H,25,26);5-6H,3-4H2,1-2H3;3*1H2/t15-,18+,19+;;;;/m1..../s1. The Balaban J connectivity index is 0. The second kappa shape index (κ2) is 20.5. The topological polar surface area (TPSA) is 193 Å². The van der Waals surface area contributed by atoms with Gasteiger partial charge in [-0.1, -0.05) is 67.2 Å². The van der Waals surface area contributed by atoms with Crippen LogP contribution in [0, 0.1) is 5.92 Å². The van der Waals surface area contributed by atoms with Gasteiger partial charge in [0.1, 0.15) is 6.04 Å².